The highest BCUT2D eigenvalue weighted by Crippen LogP contribution is 2.30. The summed E-state index contributed by atoms with van der Waals surface area (Å²) in [7, 11) is -3.24. The number of hydrogen-bond acceptors (Lipinski definition) is 7. The SMILES string of the molecule is CC(C)N1CC(S(=O)(=O)N2CCC(Nc3ncc4ccc(=O)n(C5CCCC5)c4n3)CC2)C1. The standard InChI is InChI=1S/C23H34N6O3S/c1-16(2)27-14-20(15-27)33(31,32)28-11-9-18(10-12-28)25-23-24-13-17-7-8-21(30)29(22(17)26-23)19-5-3-4-6-19/h7-8,13,16,18-20H,3-6,9-12,14-15H2,1-2H3,(H,24,25,26). The van der Waals surface area contributed by atoms with Gasteiger partial charge in [0.15, 0.2) is 0 Å². The number of fused-ring (bicyclic) bond motifs is 1. The van der Waals surface area contributed by atoms with Crippen LogP contribution < -0.4 is 10.9 Å². The molecule has 3 fully saturated rings. The molecule has 5 rings (SSSR count). The third kappa shape index (κ3) is 4.40. The summed E-state index contributed by atoms with van der Waals surface area (Å²) in [5.74, 6) is 0.507. The molecule has 0 spiro atoms. The van der Waals surface area contributed by atoms with Crippen LogP contribution >= 0.6 is 0 Å². The normalized spacial score (nSPS) is 22.3. The van der Waals surface area contributed by atoms with Crippen LogP contribution in [-0.4, -0.2) is 75.7 Å². The van der Waals surface area contributed by atoms with Crippen molar-refractivity contribution in [3.8, 4) is 0 Å². The van der Waals surface area contributed by atoms with Crippen LogP contribution in [0.1, 0.15) is 58.4 Å². The van der Waals surface area contributed by atoms with E-state index in [1.807, 2.05) is 4.57 Å². The molecule has 0 amide bonds. The highest BCUT2D eigenvalue weighted by Gasteiger charge is 2.42. The molecule has 4 heterocycles. The van der Waals surface area contributed by atoms with E-state index in [4.69, 9.17) is 4.98 Å². The molecule has 0 unspecified atom stereocenters. The van der Waals surface area contributed by atoms with E-state index in [-0.39, 0.29) is 22.9 Å². The monoisotopic (exact) mass is 474 g/mol. The number of nitrogens with zero attached hydrogens (tertiary/aromatic N) is 5. The van der Waals surface area contributed by atoms with Crippen LogP contribution in [0.3, 0.4) is 0 Å². The van der Waals surface area contributed by atoms with Gasteiger partial charge in [-0.2, -0.15) is 4.98 Å². The Kier molecular flexibility index (Phi) is 6.17. The number of sulfonamides is 1. The summed E-state index contributed by atoms with van der Waals surface area (Å²) in [6, 6.07) is 4.10. The van der Waals surface area contributed by atoms with Crippen molar-refractivity contribution >= 4 is 27.0 Å². The lowest BCUT2D eigenvalue weighted by Crippen LogP contribution is -2.61. The zero-order chi connectivity index (χ0) is 23.2. The largest absolute Gasteiger partial charge is 0.351 e. The van der Waals surface area contributed by atoms with Gasteiger partial charge in [-0.3, -0.25) is 14.3 Å². The highest BCUT2D eigenvalue weighted by molar-refractivity contribution is 7.89. The topological polar surface area (TPSA) is 100 Å². The van der Waals surface area contributed by atoms with E-state index in [2.05, 4.69) is 29.0 Å². The first-order valence-corrected chi connectivity index (χ1v) is 13.7. The lowest BCUT2D eigenvalue weighted by atomic mass is 10.1. The minimum atomic E-state index is -3.24. The summed E-state index contributed by atoms with van der Waals surface area (Å²) in [6.45, 7) is 6.48. The van der Waals surface area contributed by atoms with Gasteiger partial charge in [0.05, 0.1) is 0 Å². The molecule has 10 heteroatoms. The average molecular weight is 475 g/mol. The maximum atomic E-state index is 13.0. The van der Waals surface area contributed by atoms with Crippen LogP contribution in [0.15, 0.2) is 23.1 Å². The molecule has 0 atom stereocenters. The van der Waals surface area contributed by atoms with Crippen molar-refractivity contribution in [1.29, 1.82) is 0 Å². The second-order valence-electron chi connectivity index (χ2n) is 9.98. The zero-order valence-electron chi connectivity index (χ0n) is 19.5. The third-order valence-corrected chi connectivity index (χ3v) is 9.76. The third-order valence-electron chi connectivity index (χ3n) is 7.53. The Bertz CT molecular complexity index is 1160. The first kappa shape index (κ1) is 22.7. The molecule has 0 aromatic carbocycles. The summed E-state index contributed by atoms with van der Waals surface area (Å²) >= 11 is 0. The van der Waals surface area contributed by atoms with Gasteiger partial charge >= 0.3 is 0 Å². The maximum Gasteiger partial charge on any atom is 0.252 e. The number of rotatable bonds is 6. The van der Waals surface area contributed by atoms with E-state index in [1.165, 1.54) is 0 Å². The zero-order valence-corrected chi connectivity index (χ0v) is 20.3. The van der Waals surface area contributed by atoms with Crippen molar-refractivity contribution in [1.82, 2.24) is 23.7 Å². The summed E-state index contributed by atoms with van der Waals surface area (Å²) in [6.07, 6.45) is 7.50. The quantitative estimate of drug-likeness (QED) is 0.685. The molecule has 2 aromatic heterocycles. The van der Waals surface area contributed by atoms with Crippen molar-refractivity contribution in [2.45, 2.75) is 75.7 Å². The molecule has 2 saturated heterocycles. The van der Waals surface area contributed by atoms with Gasteiger partial charge in [0.2, 0.25) is 16.0 Å². The van der Waals surface area contributed by atoms with Crippen LogP contribution in [0.5, 0.6) is 0 Å². The molecular formula is C23H34N6O3S. The first-order chi connectivity index (χ1) is 15.8. The first-order valence-electron chi connectivity index (χ1n) is 12.2. The highest BCUT2D eigenvalue weighted by atomic mass is 32.2. The molecule has 1 N–H and O–H groups in total. The molecular weight excluding hydrogens is 440 g/mol. The van der Waals surface area contributed by atoms with E-state index in [0.717, 1.165) is 31.1 Å². The number of hydrogen-bond donors (Lipinski definition) is 1. The predicted octanol–water partition coefficient (Wildman–Crippen LogP) is 2.21. The number of aromatic nitrogens is 3. The van der Waals surface area contributed by atoms with Crippen molar-refractivity contribution < 1.29 is 8.42 Å². The fourth-order valence-corrected chi connectivity index (χ4v) is 7.25. The molecule has 33 heavy (non-hydrogen) atoms. The van der Waals surface area contributed by atoms with Gasteiger partial charge in [-0.15, -0.1) is 0 Å². The lowest BCUT2D eigenvalue weighted by Gasteiger charge is -2.44. The Hall–Kier alpha value is -2.04. The van der Waals surface area contributed by atoms with E-state index >= 15 is 0 Å². The minimum absolute atomic E-state index is 0.00964. The van der Waals surface area contributed by atoms with Gasteiger partial charge in [-0.1, -0.05) is 12.8 Å². The summed E-state index contributed by atoms with van der Waals surface area (Å²) < 4.78 is 29.4. The molecule has 180 valence electrons. The van der Waals surface area contributed by atoms with Crippen LogP contribution in [0.25, 0.3) is 11.0 Å². The number of piperidine rings is 1. The molecule has 3 aliphatic rings. The van der Waals surface area contributed by atoms with Gasteiger partial charge in [-0.25, -0.2) is 17.7 Å². The number of likely N-dealkylation sites (tertiary alicyclic amines) is 1. The molecule has 2 aliphatic heterocycles. The molecule has 1 saturated carbocycles. The van der Waals surface area contributed by atoms with Crippen LogP contribution in [-0.2, 0) is 10.0 Å². The predicted molar refractivity (Wildman–Crippen MR) is 129 cm³/mol. The fraction of sp³-hybridized carbons (Fsp3) is 0.696. The summed E-state index contributed by atoms with van der Waals surface area (Å²) in [4.78, 5) is 24.0. The van der Waals surface area contributed by atoms with E-state index in [1.54, 1.807) is 22.6 Å². The molecule has 0 radical (unpaired) electrons. The van der Waals surface area contributed by atoms with Crippen LogP contribution in [0, 0.1) is 0 Å². The fourth-order valence-electron chi connectivity index (χ4n) is 5.35. The van der Waals surface area contributed by atoms with E-state index in [0.29, 0.717) is 56.7 Å². The average Bonchev–Trinajstić information content (AvgIpc) is 3.26. The van der Waals surface area contributed by atoms with Crippen LogP contribution in [0.4, 0.5) is 5.95 Å². The number of pyridine rings is 1. The second-order valence-corrected chi connectivity index (χ2v) is 12.2. The lowest BCUT2D eigenvalue weighted by molar-refractivity contribution is 0.137. The Morgan fingerprint density at radius 2 is 1.76 bits per heavy atom. The molecule has 0 bridgehead atoms. The van der Waals surface area contributed by atoms with Gasteiger partial charge in [0.25, 0.3) is 5.56 Å². The van der Waals surface area contributed by atoms with Crippen molar-refractivity contribution in [2.75, 3.05) is 31.5 Å². The number of nitrogens with one attached hydrogen (secondary N) is 1. The van der Waals surface area contributed by atoms with E-state index < -0.39 is 10.0 Å². The second kappa shape index (κ2) is 8.96. The Morgan fingerprint density at radius 3 is 2.42 bits per heavy atom. The number of anilines is 1. The van der Waals surface area contributed by atoms with Crippen molar-refractivity contribution in [3.63, 3.8) is 0 Å². The van der Waals surface area contributed by atoms with Crippen molar-refractivity contribution in [2.24, 2.45) is 0 Å². The smallest absolute Gasteiger partial charge is 0.252 e. The summed E-state index contributed by atoms with van der Waals surface area (Å²) in [5.41, 5.74) is 0.677. The van der Waals surface area contributed by atoms with Gasteiger partial charge in [-0.05, 0) is 45.6 Å². The molecule has 1 aliphatic carbocycles. The molecule has 2 aromatic rings. The Morgan fingerprint density at radius 1 is 1.06 bits per heavy atom. The van der Waals surface area contributed by atoms with Gasteiger partial charge in [0, 0.05) is 62.0 Å². The van der Waals surface area contributed by atoms with Gasteiger partial charge < -0.3 is 5.32 Å². The van der Waals surface area contributed by atoms with Crippen molar-refractivity contribution in [3.05, 3.63) is 28.7 Å². The van der Waals surface area contributed by atoms with Crippen LogP contribution in [0.2, 0.25) is 0 Å². The molecule has 9 nitrogen and oxygen atoms in total. The Labute approximate surface area is 195 Å². The summed E-state index contributed by atoms with van der Waals surface area (Å²) in [5, 5.41) is 3.98. The Balaban J connectivity index is 1.25. The maximum absolute atomic E-state index is 13.0. The minimum Gasteiger partial charge on any atom is -0.351 e. The van der Waals surface area contributed by atoms with Gasteiger partial charge in [0.1, 0.15) is 10.9 Å². The van der Waals surface area contributed by atoms with E-state index in [9.17, 15) is 13.2 Å².